The van der Waals surface area contributed by atoms with Crippen molar-refractivity contribution in [2.45, 2.75) is 0 Å². The summed E-state index contributed by atoms with van der Waals surface area (Å²) >= 11 is 0. The molecule has 0 atom stereocenters. The van der Waals surface area contributed by atoms with Crippen LogP contribution in [0.1, 0.15) is 0 Å². The zero-order valence-electron chi connectivity index (χ0n) is 9.83. The molecule has 0 radical (unpaired) electrons. The van der Waals surface area contributed by atoms with Crippen LogP contribution in [0, 0.1) is 10.1 Å². The number of anilines is 2. The molecule has 2 aromatic carbocycles. The fraction of sp³-hybridized carbons (Fsp3) is 0.0769. The van der Waals surface area contributed by atoms with Crippen LogP contribution in [0.2, 0.25) is 0 Å². The number of fused-ring (bicyclic) bond motifs is 1. The van der Waals surface area contributed by atoms with Crippen LogP contribution in [0.15, 0.2) is 42.5 Å². The van der Waals surface area contributed by atoms with Gasteiger partial charge in [-0.05, 0) is 24.3 Å². The first-order chi connectivity index (χ1) is 9.22. The molecule has 0 amide bonds. The molecule has 1 aliphatic rings. The molecule has 0 saturated heterocycles. The van der Waals surface area contributed by atoms with Crippen molar-refractivity contribution >= 4 is 17.1 Å². The van der Waals surface area contributed by atoms with E-state index in [-0.39, 0.29) is 12.5 Å². The minimum absolute atomic E-state index is 0.0660. The van der Waals surface area contributed by atoms with E-state index >= 15 is 0 Å². The third-order valence-electron chi connectivity index (χ3n) is 2.74. The molecular weight excluding hydrogens is 248 g/mol. The van der Waals surface area contributed by atoms with E-state index in [0.29, 0.717) is 11.5 Å². The summed E-state index contributed by atoms with van der Waals surface area (Å²) in [7, 11) is 0. The van der Waals surface area contributed by atoms with Crippen LogP contribution in [0.4, 0.5) is 17.1 Å². The van der Waals surface area contributed by atoms with Gasteiger partial charge in [-0.15, -0.1) is 0 Å². The van der Waals surface area contributed by atoms with Crippen molar-refractivity contribution in [2.24, 2.45) is 0 Å². The average Bonchev–Trinajstić information content (AvgIpc) is 2.87. The van der Waals surface area contributed by atoms with Crippen LogP contribution in [-0.4, -0.2) is 11.7 Å². The summed E-state index contributed by atoms with van der Waals surface area (Å²) in [4.78, 5) is 10.1. The number of benzene rings is 2. The van der Waals surface area contributed by atoms with E-state index in [2.05, 4.69) is 5.32 Å². The topological polar surface area (TPSA) is 73.6 Å². The van der Waals surface area contributed by atoms with Crippen LogP contribution in [0.5, 0.6) is 11.5 Å². The van der Waals surface area contributed by atoms with E-state index in [0.717, 1.165) is 11.4 Å². The molecule has 0 aliphatic carbocycles. The first kappa shape index (κ1) is 11.3. The predicted octanol–water partition coefficient (Wildman–Crippen LogP) is 3.07. The van der Waals surface area contributed by atoms with E-state index < -0.39 is 4.92 Å². The van der Waals surface area contributed by atoms with Crippen molar-refractivity contribution in [3.8, 4) is 11.5 Å². The first-order valence-electron chi connectivity index (χ1n) is 5.63. The van der Waals surface area contributed by atoms with Crippen molar-refractivity contribution in [2.75, 3.05) is 12.1 Å². The lowest BCUT2D eigenvalue weighted by Gasteiger charge is -2.06. The lowest BCUT2D eigenvalue weighted by Crippen LogP contribution is -1.93. The van der Waals surface area contributed by atoms with Crippen LogP contribution >= 0.6 is 0 Å². The third-order valence-corrected chi connectivity index (χ3v) is 2.74. The lowest BCUT2D eigenvalue weighted by atomic mass is 10.2. The van der Waals surface area contributed by atoms with Crippen molar-refractivity contribution in [1.82, 2.24) is 0 Å². The SMILES string of the molecule is O=[N+]([O-])c1ccc(Nc2ccc3c(c2)OCO3)cc1. The second-order valence-electron chi connectivity index (χ2n) is 4.00. The summed E-state index contributed by atoms with van der Waals surface area (Å²) in [5.74, 6) is 1.40. The van der Waals surface area contributed by atoms with Gasteiger partial charge >= 0.3 is 0 Å². The summed E-state index contributed by atoms with van der Waals surface area (Å²) in [6.07, 6.45) is 0. The fourth-order valence-electron chi connectivity index (χ4n) is 1.81. The third kappa shape index (κ3) is 2.28. The number of rotatable bonds is 3. The molecule has 96 valence electrons. The molecule has 0 spiro atoms. The second-order valence-corrected chi connectivity index (χ2v) is 4.00. The maximum atomic E-state index is 10.6. The highest BCUT2D eigenvalue weighted by Crippen LogP contribution is 2.35. The quantitative estimate of drug-likeness (QED) is 0.676. The van der Waals surface area contributed by atoms with Gasteiger partial charge in [0.05, 0.1) is 4.92 Å². The van der Waals surface area contributed by atoms with Crippen LogP contribution in [0.25, 0.3) is 0 Å². The van der Waals surface area contributed by atoms with Crippen molar-refractivity contribution in [3.05, 3.63) is 52.6 Å². The van der Waals surface area contributed by atoms with Gasteiger partial charge in [-0.3, -0.25) is 10.1 Å². The Labute approximate surface area is 108 Å². The predicted molar refractivity (Wildman–Crippen MR) is 68.9 cm³/mol. The van der Waals surface area contributed by atoms with E-state index in [4.69, 9.17) is 9.47 Å². The lowest BCUT2D eigenvalue weighted by molar-refractivity contribution is -0.384. The molecule has 0 saturated carbocycles. The molecule has 6 heteroatoms. The standard InChI is InChI=1S/C13H10N2O4/c16-15(17)11-4-1-9(2-5-11)14-10-3-6-12-13(7-10)19-8-18-12/h1-7,14H,8H2. The molecule has 1 N–H and O–H groups in total. The van der Waals surface area contributed by atoms with E-state index in [1.54, 1.807) is 12.1 Å². The van der Waals surface area contributed by atoms with Gasteiger partial charge < -0.3 is 14.8 Å². The Morgan fingerprint density at radius 3 is 2.42 bits per heavy atom. The zero-order chi connectivity index (χ0) is 13.2. The van der Waals surface area contributed by atoms with Gasteiger partial charge in [-0.1, -0.05) is 0 Å². The van der Waals surface area contributed by atoms with Gasteiger partial charge in [0.1, 0.15) is 0 Å². The molecule has 1 heterocycles. The second kappa shape index (κ2) is 4.49. The molecule has 2 aromatic rings. The molecule has 1 aliphatic heterocycles. The van der Waals surface area contributed by atoms with E-state index in [9.17, 15) is 10.1 Å². The smallest absolute Gasteiger partial charge is 0.269 e. The van der Waals surface area contributed by atoms with Gasteiger partial charge in [-0.25, -0.2) is 0 Å². The summed E-state index contributed by atoms with van der Waals surface area (Å²) < 4.78 is 10.5. The highest BCUT2D eigenvalue weighted by atomic mass is 16.7. The molecule has 0 bridgehead atoms. The van der Waals surface area contributed by atoms with Crippen molar-refractivity contribution < 1.29 is 14.4 Å². The number of nitro benzene ring substituents is 1. The fourth-order valence-corrected chi connectivity index (χ4v) is 1.81. The summed E-state index contributed by atoms with van der Waals surface area (Å²) in [6.45, 7) is 0.232. The Morgan fingerprint density at radius 1 is 1.00 bits per heavy atom. The van der Waals surface area contributed by atoms with Crippen molar-refractivity contribution in [3.63, 3.8) is 0 Å². The molecule has 19 heavy (non-hydrogen) atoms. The maximum Gasteiger partial charge on any atom is 0.269 e. The number of nitro groups is 1. The van der Waals surface area contributed by atoms with Crippen LogP contribution < -0.4 is 14.8 Å². The zero-order valence-corrected chi connectivity index (χ0v) is 9.83. The Hall–Kier alpha value is -2.76. The Kier molecular flexibility index (Phi) is 2.68. The minimum atomic E-state index is -0.426. The Morgan fingerprint density at radius 2 is 1.68 bits per heavy atom. The molecule has 0 aromatic heterocycles. The first-order valence-corrected chi connectivity index (χ1v) is 5.63. The summed E-state index contributed by atoms with van der Waals surface area (Å²) in [5.41, 5.74) is 1.67. The van der Waals surface area contributed by atoms with Gasteiger partial charge in [0.2, 0.25) is 6.79 Å². The van der Waals surface area contributed by atoms with Crippen LogP contribution in [0.3, 0.4) is 0 Å². The number of nitrogens with one attached hydrogen (secondary N) is 1. The van der Waals surface area contributed by atoms with Crippen LogP contribution in [-0.2, 0) is 0 Å². The molecular formula is C13H10N2O4. The largest absolute Gasteiger partial charge is 0.454 e. The number of hydrogen-bond acceptors (Lipinski definition) is 5. The van der Waals surface area contributed by atoms with Gasteiger partial charge in [0.15, 0.2) is 11.5 Å². The Balaban J connectivity index is 1.79. The molecule has 6 nitrogen and oxygen atoms in total. The Bertz CT molecular complexity index is 625. The van der Waals surface area contributed by atoms with E-state index in [1.807, 2.05) is 18.2 Å². The normalized spacial score (nSPS) is 12.2. The molecule has 3 rings (SSSR count). The van der Waals surface area contributed by atoms with E-state index in [1.165, 1.54) is 12.1 Å². The maximum absolute atomic E-state index is 10.6. The summed E-state index contributed by atoms with van der Waals surface area (Å²) in [5, 5.41) is 13.7. The molecule has 0 fully saturated rings. The highest BCUT2D eigenvalue weighted by Gasteiger charge is 2.13. The highest BCUT2D eigenvalue weighted by molar-refractivity contribution is 5.64. The van der Waals surface area contributed by atoms with Gasteiger partial charge in [0, 0.05) is 29.6 Å². The monoisotopic (exact) mass is 258 g/mol. The van der Waals surface area contributed by atoms with Crippen molar-refractivity contribution in [1.29, 1.82) is 0 Å². The summed E-state index contributed by atoms with van der Waals surface area (Å²) in [6, 6.07) is 11.7. The number of hydrogen-bond donors (Lipinski definition) is 1. The average molecular weight is 258 g/mol. The number of non-ortho nitro benzene ring substituents is 1. The van der Waals surface area contributed by atoms with Gasteiger partial charge in [-0.2, -0.15) is 0 Å². The molecule has 0 unspecified atom stereocenters. The minimum Gasteiger partial charge on any atom is -0.454 e. The number of nitrogens with zero attached hydrogens (tertiary/aromatic N) is 1. The number of ether oxygens (including phenoxy) is 2. The van der Waals surface area contributed by atoms with Gasteiger partial charge in [0.25, 0.3) is 5.69 Å².